The minimum Gasteiger partial charge on any atom is -0.127 e. The summed E-state index contributed by atoms with van der Waals surface area (Å²) in [5.41, 5.74) is -2.58. The van der Waals surface area contributed by atoms with Gasteiger partial charge in [-0.2, -0.15) is 0 Å². The van der Waals surface area contributed by atoms with Crippen molar-refractivity contribution in [3.63, 3.8) is 0 Å². The summed E-state index contributed by atoms with van der Waals surface area (Å²) in [6.45, 7) is 0.690. The van der Waals surface area contributed by atoms with Gasteiger partial charge in [0.25, 0.3) is 0 Å². The van der Waals surface area contributed by atoms with E-state index in [1.165, 1.54) is 0 Å². The van der Waals surface area contributed by atoms with Gasteiger partial charge in [-0.3, -0.25) is 0 Å². The average molecular weight is 195 g/mol. The van der Waals surface area contributed by atoms with Crippen molar-refractivity contribution in [1.82, 2.24) is 10.7 Å². The molecule has 0 spiro atoms. The number of alkyl halides is 1. The molecule has 0 radical (unpaired) electrons. The monoisotopic (exact) mass is 194 g/mol. The van der Waals surface area contributed by atoms with E-state index in [4.69, 9.17) is 11.6 Å². The van der Waals surface area contributed by atoms with E-state index >= 15 is 0 Å². The summed E-state index contributed by atoms with van der Waals surface area (Å²) in [6.07, 6.45) is -0.519. The highest BCUT2D eigenvalue weighted by molar-refractivity contribution is 6.17. The Morgan fingerprint density at radius 1 is 1.18 bits per heavy atom. The highest BCUT2D eigenvalue weighted by Gasteiger charge is 2.41. The van der Waals surface area contributed by atoms with Crippen LogP contribution in [0.5, 0.6) is 0 Å². The van der Waals surface area contributed by atoms with Gasteiger partial charge in [-0.15, -0.1) is 11.6 Å². The second kappa shape index (κ2) is 4.08. The average Bonchev–Trinajstić information content (AvgIpc) is 1.87. The molecule has 0 saturated carbocycles. The van der Waals surface area contributed by atoms with Crippen molar-refractivity contribution >= 4 is 11.6 Å². The largest absolute Gasteiger partial charge is 0.194 e. The topological polar surface area (TPSA) is 6.48 Å². The Bertz CT molecular complexity index is 113. The van der Waals surface area contributed by atoms with Crippen LogP contribution in [0.15, 0.2) is 0 Å². The van der Waals surface area contributed by atoms with Gasteiger partial charge in [-0.05, 0) is 6.92 Å². The van der Waals surface area contributed by atoms with Crippen molar-refractivity contribution < 1.29 is 17.9 Å². The smallest absolute Gasteiger partial charge is 0.127 e. The molecule has 68 valence electrons. The lowest BCUT2D eigenvalue weighted by molar-refractivity contribution is -0.365. The Kier molecular flexibility index (Phi) is 4.05. The van der Waals surface area contributed by atoms with E-state index in [1.807, 2.05) is 0 Å². The molecule has 0 aliphatic rings. The van der Waals surface area contributed by atoms with Crippen molar-refractivity contribution in [1.29, 1.82) is 0 Å². The van der Waals surface area contributed by atoms with Crippen LogP contribution in [0, 0.1) is 0 Å². The second-order valence-electron chi connectivity index (χ2n) is 2.12. The van der Waals surface area contributed by atoms with Gasteiger partial charge in [0, 0.05) is 23.0 Å². The second-order valence-corrected chi connectivity index (χ2v) is 2.50. The quantitative estimate of drug-likeness (QED) is 0.294. The molecule has 0 amide bonds. The summed E-state index contributed by atoms with van der Waals surface area (Å²) in [4.78, 5) is 0. The number of halogens is 5. The molecule has 0 unspecified atom stereocenters. The Morgan fingerprint density at radius 3 is 1.64 bits per heavy atom. The maximum Gasteiger partial charge on any atom is 0.194 e. The zero-order valence-corrected chi connectivity index (χ0v) is 6.45. The Hall–Kier alpha value is -0.0700. The van der Waals surface area contributed by atoms with E-state index in [9.17, 15) is 17.9 Å². The lowest BCUT2D eigenvalue weighted by Gasteiger charge is -2.27. The first-order chi connectivity index (χ1) is 4.95. The summed E-state index contributed by atoms with van der Waals surface area (Å²) in [7, 11) is 0. The van der Waals surface area contributed by atoms with Gasteiger partial charge in [0.15, 0.2) is 5.66 Å². The van der Waals surface area contributed by atoms with Gasteiger partial charge in [-0.25, -0.2) is 0 Å². The third kappa shape index (κ3) is 2.46. The van der Waals surface area contributed by atoms with Gasteiger partial charge in [0.1, 0.15) is 0 Å². The predicted molar refractivity (Wildman–Crippen MR) is 31.9 cm³/mol. The van der Waals surface area contributed by atoms with E-state index < -0.39 is 22.8 Å². The molecule has 0 aromatic rings. The summed E-state index contributed by atoms with van der Waals surface area (Å²) in [5.74, 6) is -0.259. The maximum absolute atomic E-state index is 11.8. The lowest BCUT2D eigenvalue weighted by Crippen LogP contribution is -2.45. The van der Waals surface area contributed by atoms with Crippen molar-refractivity contribution in [3.05, 3.63) is 0 Å². The fourth-order valence-electron chi connectivity index (χ4n) is 0.405. The zero-order valence-electron chi connectivity index (χ0n) is 5.70. The van der Waals surface area contributed by atoms with Crippen molar-refractivity contribution in [3.8, 4) is 0 Å². The molecular weight excluding hydrogens is 188 g/mol. The van der Waals surface area contributed by atoms with Crippen molar-refractivity contribution in [2.75, 3.05) is 5.88 Å². The summed E-state index contributed by atoms with van der Waals surface area (Å²) < 4.78 is 47.1. The predicted octanol–water partition coefficient (Wildman–Crippen LogP) is 2.47. The molecule has 0 fully saturated rings. The number of rotatable bonds is 4. The third-order valence-electron chi connectivity index (χ3n) is 1.30. The zero-order chi connectivity index (χ0) is 9.07. The summed E-state index contributed by atoms with van der Waals surface area (Å²) in [5, 5.41) is -3.12. The number of hydrogen-bond donors (Lipinski definition) is 0. The highest BCUT2D eigenvalue weighted by atomic mass is 35.5. The molecule has 0 aromatic heterocycles. The number of nitrogens with zero attached hydrogens (tertiary/aromatic N) is 2. The molecule has 0 aliphatic heterocycles. The van der Waals surface area contributed by atoms with E-state index in [2.05, 4.69) is 0 Å². The first-order valence-electron chi connectivity index (χ1n) is 2.74. The number of hydrogen-bond acceptors (Lipinski definition) is 2. The molecule has 0 N–H and O–H groups in total. The molecule has 0 aliphatic carbocycles. The van der Waals surface area contributed by atoms with Crippen LogP contribution >= 0.6 is 11.6 Å². The fraction of sp³-hybridized carbons (Fsp3) is 1.00. The van der Waals surface area contributed by atoms with Gasteiger partial charge in [0.05, 0.1) is 0 Å². The van der Waals surface area contributed by atoms with E-state index in [0.29, 0.717) is 6.92 Å². The van der Waals surface area contributed by atoms with Gasteiger partial charge in [0.2, 0.25) is 0 Å². The van der Waals surface area contributed by atoms with Gasteiger partial charge in [-0.1, -0.05) is 17.9 Å². The molecule has 0 saturated heterocycles. The molecule has 0 heterocycles. The molecule has 0 bridgehead atoms. The molecule has 0 atom stereocenters. The van der Waals surface area contributed by atoms with Crippen LogP contribution in [0.25, 0.3) is 0 Å². The van der Waals surface area contributed by atoms with Crippen LogP contribution in [-0.4, -0.2) is 22.2 Å². The summed E-state index contributed by atoms with van der Waals surface area (Å²) >= 11 is 5.05. The van der Waals surface area contributed by atoms with Crippen LogP contribution in [-0.2, 0) is 0 Å². The normalized spacial score (nSPS) is 13.1. The maximum atomic E-state index is 11.8. The van der Waals surface area contributed by atoms with Gasteiger partial charge >= 0.3 is 0 Å². The van der Waals surface area contributed by atoms with Crippen LogP contribution < -0.4 is 0 Å². The third-order valence-corrected chi connectivity index (χ3v) is 1.49. The standard InChI is InChI=1S/C4H7ClF4N2/c1-4(2-3-5,10(6)7)11(8)9/h2-3H2,1H3. The molecule has 7 heteroatoms. The minimum atomic E-state index is -2.58. The van der Waals surface area contributed by atoms with E-state index in [1.54, 1.807) is 0 Å². The Balaban J connectivity index is 4.26. The minimum absolute atomic E-state index is 0.259. The van der Waals surface area contributed by atoms with Gasteiger partial charge < -0.3 is 0 Å². The first-order valence-corrected chi connectivity index (χ1v) is 3.28. The molecule has 0 aromatic carbocycles. The molecular formula is C4H7ClF4N2. The molecule has 11 heavy (non-hydrogen) atoms. The van der Waals surface area contributed by atoms with Crippen LogP contribution in [0.1, 0.15) is 13.3 Å². The summed E-state index contributed by atoms with van der Waals surface area (Å²) in [6, 6.07) is 0. The molecule has 0 rings (SSSR count). The fourth-order valence-corrected chi connectivity index (χ4v) is 0.763. The van der Waals surface area contributed by atoms with Crippen LogP contribution in [0.3, 0.4) is 0 Å². The SMILES string of the molecule is CC(CCCl)(N(F)F)N(F)F. The Morgan fingerprint density at radius 2 is 1.55 bits per heavy atom. The Labute approximate surface area is 66.1 Å². The van der Waals surface area contributed by atoms with Crippen LogP contribution in [0.2, 0.25) is 0 Å². The first kappa shape index (κ1) is 10.9. The van der Waals surface area contributed by atoms with Crippen LogP contribution in [0.4, 0.5) is 17.9 Å². The van der Waals surface area contributed by atoms with E-state index in [-0.39, 0.29) is 5.88 Å². The van der Waals surface area contributed by atoms with E-state index in [0.717, 1.165) is 0 Å². The highest BCUT2D eigenvalue weighted by Crippen LogP contribution is 2.26. The van der Waals surface area contributed by atoms with Crippen molar-refractivity contribution in [2.45, 2.75) is 19.0 Å². The lowest BCUT2D eigenvalue weighted by atomic mass is 10.2. The van der Waals surface area contributed by atoms with Crippen molar-refractivity contribution in [2.24, 2.45) is 0 Å². The molecule has 2 nitrogen and oxygen atoms in total.